The van der Waals surface area contributed by atoms with Gasteiger partial charge in [0.15, 0.2) is 0 Å². The minimum Gasteiger partial charge on any atom is -0.466 e. The highest BCUT2D eigenvalue weighted by Crippen LogP contribution is 2.17. The predicted octanol–water partition coefficient (Wildman–Crippen LogP) is 1.37. The smallest absolute Gasteiger partial charge is 0.257 e. The first-order valence-corrected chi connectivity index (χ1v) is 6.30. The van der Waals surface area contributed by atoms with Crippen LogP contribution in [0.15, 0.2) is 23.1 Å². The average molecular weight is 262 g/mol. The van der Waals surface area contributed by atoms with Crippen molar-refractivity contribution >= 4 is 11.8 Å². The predicted molar refractivity (Wildman–Crippen MR) is 70.9 cm³/mol. The average Bonchev–Trinajstić information content (AvgIpc) is 2.76. The van der Waals surface area contributed by atoms with Crippen LogP contribution in [-0.2, 0) is 4.79 Å². The van der Waals surface area contributed by atoms with Crippen LogP contribution in [-0.4, -0.2) is 47.8 Å². The number of rotatable bonds is 2. The third kappa shape index (κ3) is 2.70. The molecule has 1 saturated heterocycles. The lowest BCUT2D eigenvalue weighted by molar-refractivity contribution is -0.127. The standard InChI is InChI=1S/C14H18N2O3/c1-4-13(17)15-5-7-16(8-6-15)14(18)12-9-10(2)19-11(12)3/h4,9H,1,5-8H2,2-3H3. The molecule has 0 spiro atoms. The fraction of sp³-hybridized carbons (Fsp3) is 0.429. The maximum Gasteiger partial charge on any atom is 0.257 e. The molecule has 0 saturated carbocycles. The Hall–Kier alpha value is -2.04. The molecular weight excluding hydrogens is 244 g/mol. The first-order valence-electron chi connectivity index (χ1n) is 6.30. The number of hydrogen-bond donors (Lipinski definition) is 0. The van der Waals surface area contributed by atoms with E-state index in [1.807, 2.05) is 6.92 Å². The lowest BCUT2D eigenvalue weighted by Gasteiger charge is -2.34. The van der Waals surface area contributed by atoms with Crippen LogP contribution >= 0.6 is 0 Å². The molecule has 1 aliphatic rings. The molecule has 5 heteroatoms. The minimum absolute atomic E-state index is 0.0277. The third-order valence-electron chi connectivity index (χ3n) is 3.32. The van der Waals surface area contributed by atoms with Crippen molar-refractivity contribution in [1.82, 2.24) is 9.80 Å². The van der Waals surface area contributed by atoms with E-state index in [4.69, 9.17) is 4.42 Å². The van der Waals surface area contributed by atoms with Crippen molar-refractivity contribution in [1.29, 1.82) is 0 Å². The van der Waals surface area contributed by atoms with Crippen molar-refractivity contribution in [2.24, 2.45) is 0 Å². The molecular formula is C14H18N2O3. The van der Waals surface area contributed by atoms with E-state index in [9.17, 15) is 9.59 Å². The summed E-state index contributed by atoms with van der Waals surface area (Å²) in [5, 5.41) is 0. The van der Waals surface area contributed by atoms with Gasteiger partial charge in [-0.05, 0) is 26.0 Å². The molecule has 1 aromatic heterocycles. The summed E-state index contributed by atoms with van der Waals surface area (Å²) >= 11 is 0. The van der Waals surface area contributed by atoms with Gasteiger partial charge in [-0.3, -0.25) is 9.59 Å². The summed E-state index contributed by atoms with van der Waals surface area (Å²) in [4.78, 5) is 27.2. The molecule has 102 valence electrons. The summed E-state index contributed by atoms with van der Waals surface area (Å²) in [5.41, 5.74) is 0.612. The molecule has 2 rings (SSSR count). The van der Waals surface area contributed by atoms with Gasteiger partial charge in [0.25, 0.3) is 5.91 Å². The highest BCUT2D eigenvalue weighted by atomic mass is 16.3. The Morgan fingerprint density at radius 2 is 1.79 bits per heavy atom. The van der Waals surface area contributed by atoms with Gasteiger partial charge in [0.2, 0.25) is 5.91 Å². The van der Waals surface area contributed by atoms with Crippen molar-refractivity contribution in [2.45, 2.75) is 13.8 Å². The van der Waals surface area contributed by atoms with Gasteiger partial charge in [-0.2, -0.15) is 0 Å². The zero-order valence-corrected chi connectivity index (χ0v) is 11.3. The number of amides is 2. The van der Waals surface area contributed by atoms with E-state index < -0.39 is 0 Å². The van der Waals surface area contributed by atoms with Gasteiger partial charge < -0.3 is 14.2 Å². The lowest BCUT2D eigenvalue weighted by atomic mass is 10.2. The van der Waals surface area contributed by atoms with Gasteiger partial charge in [0, 0.05) is 26.2 Å². The summed E-state index contributed by atoms with van der Waals surface area (Å²) in [7, 11) is 0. The van der Waals surface area contributed by atoms with E-state index in [0.29, 0.717) is 37.5 Å². The van der Waals surface area contributed by atoms with Gasteiger partial charge in [0.05, 0.1) is 5.56 Å². The molecule has 0 atom stereocenters. The molecule has 2 heterocycles. The van der Waals surface area contributed by atoms with E-state index in [1.54, 1.807) is 22.8 Å². The van der Waals surface area contributed by atoms with E-state index in [1.165, 1.54) is 6.08 Å². The molecule has 19 heavy (non-hydrogen) atoms. The van der Waals surface area contributed by atoms with E-state index in [0.717, 1.165) is 5.76 Å². The van der Waals surface area contributed by atoms with Gasteiger partial charge in [-0.15, -0.1) is 0 Å². The zero-order chi connectivity index (χ0) is 14.0. The molecule has 2 amide bonds. The number of carbonyl (C=O) groups excluding carboxylic acids is 2. The molecule has 1 aromatic rings. The van der Waals surface area contributed by atoms with Crippen LogP contribution in [0, 0.1) is 13.8 Å². The Morgan fingerprint density at radius 1 is 1.21 bits per heavy atom. The fourth-order valence-corrected chi connectivity index (χ4v) is 2.27. The monoisotopic (exact) mass is 262 g/mol. The second-order valence-electron chi connectivity index (χ2n) is 4.65. The maximum atomic E-state index is 12.3. The molecule has 0 radical (unpaired) electrons. The summed E-state index contributed by atoms with van der Waals surface area (Å²) in [5.74, 6) is 1.27. The molecule has 0 bridgehead atoms. The molecule has 0 aromatic carbocycles. The van der Waals surface area contributed by atoms with E-state index in [-0.39, 0.29) is 11.8 Å². The van der Waals surface area contributed by atoms with Gasteiger partial charge in [-0.25, -0.2) is 0 Å². The number of hydrogen-bond acceptors (Lipinski definition) is 3. The van der Waals surface area contributed by atoms with Gasteiger partial charge in [-0.1, -0.05) is 6.58 Å². The van der Waals surface area contributed by atoms with Crippen molar-refractivity contribution in [3.63, 3.8) is 0 Å². The zero-order valence-electron chi connectivity index (χ0n) is 11.3. The first-order chi connectivity index (χ1) is 9.02. The Balaban J connectivity index is 2.02. The molecule has 0 N–H and O–H groups in total. The second kappa shape index (κ2) is 5.30. The van der Waals surface area contributed by atoms with Crippen LogP contribution in [0.2, 0.25) is 0 Å². The van der Waals surface area contributed by atoms with Gasteiger partial charge >= 0.3 is 0 Å². The van der Waals surface area contributed by atoms with E-state index in [2.05, 4.69) is 6.58 Å². The maximum absolute atomic E-state index is 12.3. The number of furan rings is 1. The van der Waals surface area contributed by atoms with Crippen LogP contribution in [0.5, 0.6) is 0 Å². The normalized spacial score (nSPS) is 15.5. The number of nitrogens with zero attached hydrogens (tertiary/aromatic N) is 2. The second-order valence-corrected chi connectivity index (χ2v) is 4.65. The van der Waals surface area contributed by atoms with Crippen LogP contribution in [0.1, 0.15) is 21.9 Å². The Morgan fingerprint density at radius 3 is 2.26 bits per heavy atom. The van der Waals surface area contributed by atoms with Crippen molar-refractivity contribution < 1.29 is 14.0 Å². The number of aryl methyl sites for hydroxylation is 2. The molecule has 5 nitrogen and oxygen atoms in total. The van der Waals surface area contributed by atoms with E-state index >= 15 is 0 Å². The Bertz CT molecular complexity index is 511. The summed E-state index contributed by atoms with van der Waals surface area (Å²) in [6, 6.07) is 1.76. The van der Waals surface area contributed by atoms with Crippen LogP contribution in [0.3, 0.4) is 0 Å². The topological polar surface area (TPSA) is 53.8 Å². The highest BCUT2D eigenvalue weighted by molar-refractivity contribution is 5.95. The molecule has 0 aliphatic carbocycles. The van der Waals surface area contributed by atoms with Crippen LogP contribution in [0.25, 0.3) is 0 Å². The van der Waals surface area contributed by atoms with Crippen LogP contribution < -0.4 is 0 Å². The SMILES string of the molecule is C=CC(=O)N1CCN(C(=O)c2cc(C)oc2C)CC1. The minimum atomic E-state index is -0.0811. The quantitative estimate of drug-likeness (QED) is 0.756. The molecule has 0 unspecified atom stereocenters. The van der Waals surface area contributed by atoms with Crippen molar-refractivity contribution in [2.75, 3.05) is 26.2 Å². The summed E-state index contributed by atoms with van der Waals surface area (Å²) < 4.78 is 5.38. The number of piperazine rings is 1. The highest BCUT2D eigenvalue weighted by Gasteiger charge is 2.25. The first kappa shape index (κ1) is 13.4. The van der Waals surface area contributed by atoms with Crippen molar-refractivity contribution in [3.8, 4) is 0 Å². The van der Waals surface area contributed by atoms with Crippen molar-refractivity contribution in [3.05, 3.63) is 35.8 Å². The third-order valence-corrected chi connectivity index (χ3v) is 3.32. The fourth-order valence-electron chi connectivity index (χ4n) is 2.27. The summed E-state index contributed by atoms with van der Waals surface area (Å²) in [6.45, 7) is 9.26. The molecule has 1 fully saturated rings. The largest absolute Gasteiger partial charge is 0.466 e. The Labute approximate surface area is 112 Å². The molecule has 1 aliphatic heterocycles. The summed E-state index contributed by atoms with van der Waals surface area (Å²) in [6.07, 6.45) is 1.31. The lowest BCUT2D eigenvalue weighted by Crippen LogP contribution is -2.50. The Kier molecular flexibility index (Phi) is 3.74. The van der Waals surface area contributed by atoms with Crippen LogP contribution in [0.4, 0.5) is 0 Å². The van der Waals surface area contributed by atoms with Gasteiger partial charge in [0.1, 0.15) is 11.5 Å². The number of carbonyl (C=O) groups is 2.